The lowest BCUT2D eigenvalue weighted by atomic mass is 10.1. The molecule has 0 fully saturated rings. The zero-order chi connectivity index (χ0) is 15.6. The normalized spacial score (nSPS) is 13.3. The van der Waals surface area contributed by atoms with E-state index >= 15 is 0 Å². The first-order chi connectivity index (χ1) is 9.84. The molecular weight excluding hydrogens is 293 g/mol. The summed E-state index contributed by atoms with van der Waals surface area (Å²) in [4.78, 5) is 3.77. The zero-order valence-corrected chi connectivity index (χ0v) is 12.5. The van der Waals surface area contributed by atoms with Crippen molar-refractivity contribution >= 4 is 15.7 Å². The molecule has 0 amide bonds. The highest BCUT2D eigenvalue weighted by Crippen LogP contribution is 2.26. The van der Waals surface area contributed by atoms with Gasteiger partial charge in [-0.15, -0.1) is 0 Å². The largest absolute Gasteiger partial charge is 0.396 e. The number of nitrogen functional groups attached to an aromatic ring is 1. The van der Waals surface area contributed by atoms with Crippen molar-refractivity contribution in [3.8, 4) is 0 Å². The SMILES string of the molecule is CC(c1ccncc1)N(C)S(=O)(=O)c1ccc(N)c(F)c1. The lowest BCUT2D eigenvalue weighted by Gasteiger charge is -2.24. The van der Waals surface area contributed by atoms with Crippen molar-refractivity contribution in [3.63, 3.8) is 0 Å². The average molecular weight is 309 g/mol. The van der Waals surface area contributed by atoms with Crippen molar-refractivity contribution in [2.24, 2.45) is 0 Å². The minimum absolute atomic E-state index is 0.0845. The molecule has 0 aliphatic heterocycles. The maximum atomic E-state index is 13.5. The van der Waals surface area contributed by atoms with E-state index in [-0.39, 0.29) is 10.6 Å². The van der Waals surface area contributed by atoms with Crippen LogP contribution in [-0.4, -0.2) is 24.8 Å². The van der Waals surface area contributed by atoms with Crippen molar-refractivity contribution in [2.45, 2.75) is 17.9 Å². The van der Waals surface area contributed by atoms with E-state index in [0.717, 1.165) is 11.6 Å². The molecule has 1 aromatic carbocycles. The van der Waals surface area contributed by atoms with E-state index in [1.54, 1.807) is 31.5 Å². The zero-order valence-electron chi connectivity index (χ0n) is 11.7. The summed E-state index contributed by atoms with van der Waals surface area (Å²) in [6, 6.07) is 6.54. The molecule has 2 N–H and O–H groups in total. The maximum Gasteiger partial charge on any atom is 0.243 e. The van der Waals surface area contributed by atoms with Gasteiger partial charge in [-0.2, -0.15) is 4.31 Å². The standard InChI is InChI=1S/C14H16FN3O2S/c1-10(11-5-7-17-8-6-11)18(2)21(19,20)12-3-4-14(16)13(15)9-12/h3-10H,16H2,1-2H3. The molecule has 1 heterocycles. The molecule has 1 aromatic heterocycles. The van der Waals surface area contributed by atoms with E-state index in [2.05, 4.69) is 4.98 Å². The number of nitrogens with two attached hydrogens (primary N) is 1. The third kappa shape index (κ3) is 3.03. The second kappa shape index (κ2) is 5.79. The highest BCUT2D eigenvalue weighted by atomic mass is 32.2. The van der Waals surface area contributed by atoms with Crippen LogP contribution < -0.4 is 5.73 Å². The molecule has 1 unspecified atom stereocenters. The number of rotatable bonds is 4. The Labute approximate surface area is 123 Å². The second-order valence-electron chi connectivity index (χ2n) is 4.66. The summed E-state index contributed by atoms with van der Waals surface area (Å²) in [6.07, 6.45) is 3.18. The van der Waals surface area contributed by atoms with Crippen LogP contribution in [-0.2, 0) is 10.0 Å². The van der Waals surface area contributed by atoms with E-state index in [9.17, 15) is 12.8 Å². The van der Waals surface area contributed by atoms with Gasteiger partial charge >= 0.3 is 0 Å². The fourth-order valence-electron chi connectivity index (χ4n) is 1.89. The number of hydrogen-bond acceptors (Lipinski definition) is 4. The molecule has 21 heavy (non-hydrogen) atoms. The van der Waals surface area contributed by atoms with E-state index in [4.69, 9.17) is 5.73 Å². The Hall–Kier alpha value is -1.99. The third-order valence-electron chi connectivity index (χ3n) is 3.38. The van der Waals surface area contributed by atoms with Gasteiger partial charge in [0, 0.05) is 25.5 Å². The molecule has 0 saturated carbocycles. The van der Waals surface area contributed by atoms with E-state index in [0.29, 0.717) is 0 Å². The summed E-state index contributed by atoms with van der Waals surface area (Å²) in [6.45, 7) is 1.75. The molecule has 2 rings (SSSR count). The minimum Gasteiger partial charge on any atom is -0.396 e. The fourth-order valence-corrected chi connectivity index (χ4v) is 3.26. The predicted molar refractivity (Wildman–Crippen MR) is 78.4 cm³/mol. The molecule has 0 bridgehead atoms. The molecule has 7 heteroatoms. The highest BCUT2D eigenvalue weighted by Gasteiger charge is 2.26. The Bertz CT molecular complexity index is 735. The summed E-state index contributed by atoms with van der Waals surface area (Å²) in [5.41, 5.74) is 6.08. The van der Waals surface area contributed by atoms with E-state index in [1.165, 1.54) is 23.5 Å². The molecule has 112 valence electrons. The molecular formula is C14H16FN3O2S. The van der Waals surface area contributed by atoms with Crippen LogP contribution in [0.25, 0.3) is 0 Å². The molecule has 0 spiro atoms. The Morgan fingerprint density at radius 3 is 2.43 bits per heavy atom. The molecule has 5 nitrogen and oxygen atoms in total. The maximum absolute atomic E-state index is 13.5. The number of benzene rings is 1. The van der Waals surface area contributed by atoms with Crippen LogP contribution in [0.15, 0.2) is 47.6 Å². The molecule has 0 aliphatic carbocycles. The van der Waals surface area contributed by atoms with Crippen LogP contribution in [0, 0.1) is 5.82 Å². The van der Waals surface area contributed by atoms with Gasteiger partial charge in [0.2, 0.25) is 10.0 Å². The number of aromatic nitrogens is 1. The van der Waals surface area contributed by atoms with Gasteiger partial charge in [0.05, 0.1) is 10.6 Å². The lowest BCUT2D eigenvalue weighted by molar-refractivity contribution is 0.398. The van der Waals surface area contributed by atoms with Crippen molar-refractivity contribution in [2.75, 3.05) is 12.8 Å². The number of hydrogen-bond donors (Lipinski definition) is 1. The Kier molecular flexibility index (Phi) is 4.24. The van der Waals surface area contributed by atoms with Crippen LogP contribution in [0.5, 0.6) is 0 Å². The molecule has 0 saturated heterocycles. The lowest BCUT2D eigenvalue weighted by Crippen LogP contribution is -2.30. The number of nitrogens with zero attached hydrogens (tertiary/aromatic N) is 2. The molecule has 1 atom stereocenters. The van der Waals surface area contributed by atoms with Crippen LogP contribution in [0.2, 0.25) is 0 Å². The van der Waals surface area contributed by atoms with Gasteiger partial charge in [0.15, 0.2) is 0 Å². The van der Waals surface area contributed by atoms with Crippen molar-refractivity contribution in [1.82, 2.24) is 9.29 Å². The van der Waals surface area contributed by atoms with Gasteiger partial charge in [-0.25, -0.2) is 12.8 Å². The topological polar surface area (TPSA) is 76.3 Å². The van der Waals surface area contributed by atoms with Crippen LogP contribution in [0.1, 0.15) is 18.5 Å². The van der Waals surface area contributed by atoms with Gasteiger partial charge in [0.1, 0.15) is 5.82 Å². The van der Waals surface area contributed by atoms with Gasteiger partial charge in [-0.05, 0) is 42.8 Å². The van der Waals surface area contributed by atoms with E-state index < -0.39 is 21.9 Å². The highest BCUT2D eigenvalue weighted by molar-refractivity contribution is 7.89. The van der Waals surface area contributed by atoms with E-state index in [1.807, 2.05) is 0 Å². The quantitative estimate of drug-likeness (QED) is 0.878. The van der Waals surface area contributed by atoms with Crippen LogP contribution in [0.3, 0.4) is 0 Å². The van der Waals surface area contributed by atoms with Crippen LogP contribution >= 0.6 is 0 Å². The molecule has 0 radical (unpaired) electrons. The first kappa shape index (κ1) is 15.4. The minimum atomic E-state index is -3.81. The summed E-state index contributed by atoms with van der Waals surface area (Å²) < 4.78 is 39.7. The molecule has 2 aromatic rings. The van der Waals surface area contributed by atoms with Crippen molar-refractivity contribution in [3.05, 3.63) is 54.1 Å². The fraction of sp³-hybridized carbons (Fsp3) is 0.214. The second-order valence-corrected chi connectivity index (χ2v) is 6.66. The predicted octanol–water partition coefficient (Wildman–Crippen LogP) is 2.18. The summed E-state index contributed by atoms with van der Waals surface area (Å²) >= 11 is 0. The first-order valence-electron chi connectivity index (χ1n) is 6.27. The third-order valence-corrected chi connectivity index (χ3v) is 5.31. The van der Waals surface area contributed by atoms with Crippen molar-refractivity contribution in [1.29, 1.82) is 0 Å². The molecule has 0 aliphatic rings. The Morgan fingerprint density at radius 1 is 1.24 bits per heavy atom. The number of pyridine rings is 1. The average Bonchev–Trinajstić information content (AvgIpc) is 2.49. The first-order valence-corrected chi connectivity index (χ1v) is 7.71. The number of halogens is 1. The van der Waals surface area contributed by atoms with Crippen LogP contribution in [0.4, 0.5) is 10.1 Å². The van der Waals surface area contributed by atoms with Gasteiger partial charge in [-0.1, -0.05) is 0 Å². The van der Waals surface area contributed by atoms with Gasteiger partial charge in [-0.3, -0.25) is 4.98 Å². The summed E-state index contributed by atoms with van der Waals surface area (Å²) in [5, 5.41) is 0. The summed E-state index contributed by atoms with van der Waals surface area (Å²) in [7, 11) is -2.36. The summed E-state index contributed by atoms with van der Waals surface area (Å²) in [5.74, 6) is -0.749. The Balaban J connectivity index is 2.36. The van der Waals surface area contributed by atoms with Gasteiger partial charge in [0.25, 0.3) is 0 Å². The smallest absolute Gasteiger partial charge is 0.243 e. The Morgan fingerprint density at radius 2 is 1.86 bits per heavy atom. The number of anilines is 1. The van der Waals surface area contributed by atoms with Gasteiger partial charge < -0.3 is 5.73 Å². The number of sulfonamides is 1. The van der Waals surface area contributed by atoms with Crippen molar-refractivity contribution < 1.29 is 12.8 Å². The monoisotopic (exact) mass is 309 g/mol.